The number of ether oxygens (including phenoxy) is 3. The number of aliphatic hydroxyl groups is 1. The predicted octanol–water partition coefficient (Wildman–Crippen LogP) is 4.74. The molecule has 1 atom stereocenters. The van der Waals surface area contributed by atoms with Crippen LogP contribution in [0.25, 0.3) is 0 Å². The van der Waals surface area contributed by atoms with Crippen LogP contribution in [0.2, 0.25) is 15.1 Å². The molecule has 1 unspecified atom stereocenters. The zero-order chi connectivity index (χ0) is 24.9. The van der Waals surface area contributed by atoms with E-state index in [-0.39, 0.29) is 23.1 Å². The predicted molar refractivity (Wildman–Crippen MR) is 126 cm³/mol. The molecule has 1 heterocycles. The molecule has 1 aromatic heterocycles. The van der Waals surface area contributed by atoms with Gasteiger partial charge in [0.25, 0.3) is 0 Å². The Kier molecular flexibility index (Phi) is 8.09. The van der Waals surface area contributed by atoms with Gasteiger partial charge in [0.05, 0.1) is 10.4 Å². The van der Waals surface area contributed by atoms with Crippen molar-refractivity contribution < 1.29 is 28.9 Å². The van der Waals surface area contributed by atoms with Crippen molar-refractivity contribution in [3.05, 3.63) is 76.3 Å². The van der Waals surface area contributed by atoms with E-state index >= 15 is 0 Å². The van der Waals surface area contributed by atoms with Crippen LogP contribution in [0.3, 0.4) is 0 Å². The van der Waals surface area contributed by atoms with Gasteiger partial charge in [0.1, 0.15) is 24.4 Å². The topological polar surface area (TPSA) is 99.9 Å². The average molecular weight is 528 g/mol. The molecule has 3 aromatic rings. The van der Waals surface area contributed by atoms with Crippen LogP contribution >= 0.6 is 34.8 Å². The number of nitrogens with zero attached hydrogens (tertiary/aromatic N) is 2. The van der Waals surface area contributed by atoms with Crippen LogP contribution in [0, 0.1) is 5.41 Å². The van der Waals surface area contributed by atoms with Crippen molar-refractivity contribution in [2.45, 2.75) is 19.8 Å². The van der Waals surface area contributed by atoms with Gasteiger partial charge < -0.3 is 19.3 Å². The van der Waals surface area contributed by atoms with Crippen molar-refractivity contribution in [2.75, 3.05) is 13.2 Å². The minimum absolute atomic E-state index is 0.190. The highest BCUT2D eigenvalue weighted by atomic mass is 35.5. The zero-order valence-electron chi connectivity index (χ0n) is 18.2. The highest BCUT2D eigenvalue weighted by molar-refractivity contribution is 6.35. The monoisotopic (exact) mass is 526 g/mol. The number of Topliss-reactive ketones (excluding diaryl/α,β-unsaturated/α-hetero) is 1. The van der Waals surface area contributed by atoms with E-state index < -0.39 is 29.7 Å². The Bertz CT molecular complexity index is 1150. The maximum atomic E-state index is 13.4. The number of carbonyl (C=O) groups is 2. The van der Waals surface area contributed by atoms with Gasteiger partial charge in [-0.05, 0) is 56.3 Å². The molecule has 0 spiro atoms. The van der Waals surface area contributed by atoms with Gasteiger partial charge in [-0.2, -0.15) is 0 Å². The molecule has 8 nitrogen and oxygen atoms in total. The van der Waals surface area contributed by atoms with Crippen molar-refractivity contribution in [3.63, 3.8) is 0 Å². The van der Waals surface area contributed by atoms with E-state index in [1.165, 1.54) is 56.8 Å². The van der Waals surface area contributed by atoms with Gasteiger partial charge in [-0.15, -0.1) is 0 Å². The Morgan fingerprint density at radius 2 is 1.74 bits per heavy atom. The fourth-order valence-electron chi connectivity index (χ4n) is 2.86. The summed E-state index contributed by atoms with van der Waals surface area (Å²) in [5.41, 5.74) is -1.36. The van der Waals surface area contributed by atoms with E-state index in [1.54, 1.807) is 18.2 Å². The Labute approximate surface area is 210 Å². The maximum absolute atomic E-state index is 13.4. The molecule has 1 N–H and O–H groups in total. The quantitative estimate of drug-likeness (QED) is 0.300. The second-order valence-electron chi connectivity index (χ2n) is 7.87. The van der Waals surface area contributed by atoms with Crippen LogP contribution in [0.15, 0.2) is 61.2 Å². The van der Waals surface area contributed by atoms with Gasteiger partial charge >= 0.3 is 11.9 Å². The number of aromatic nitrogens is 2. The summed E-state index contributed by atoms with van der Waals surface area (Å²) in [5, 5.41) is 12.4. The third kappa shape index (κ3) is 6.21. The van der Waals surface area contributed by atoms with Crippen molar-refractivity contribution >= 4 is 46.6 Å². The number of halogens is 3. The minimum atomic E-state index is -2.46. The second-order valence-corrected chi connectivity index (χ2v) is 9.15. The lowest BCUT2D eigenvalue weighted by molar-refractivity contribution is -0.217. The summed E-state index contributed by atoms with van der Waals surface area (Å²) in [7, 11) is 0. The standard InChI is InChI=1S/C23H21Cl3N2O6/c1-22(2,13-33-20(29)12-32-19-8-5-16(25)11-18(19)26)21(30)23(31,28-10-9-27-14-28)34-17-6-3-15(24)4-7-17/h3-11,14,31H,12-13H2,1-2H3. The van der Waals surface area contributed by atoms with Crippen LogP contribution in [0.4, 0.5) is 0 Å². The molecule has 2 aromatic carbocycles. The fourth-order valence-corrected chi connectivity index (χ4v) is 3.45. The van der Waals surface area contributed by atoms with Crippen molar-refractivity contribution in [1.82, 2.24) is 9.55 Å². The maximum Gasteiger partial charge on any atom is 0.361 e. The lowest BCUT2D eigenvalue weighted by Gasteiger charge is -2.34. The number of imidazole rings is 1. The molecule has 11 heteroatoms. The number of hydrogen-bond donors (Lipinski definition) is 1. The first-order chi connectivity index (χ1) is 16.0. The highest BCUT2D eigenvalue weighted by Gasteiger charge is 2.49. The summed E-state index contributed by atoms with van der Waals surface area (Å²) in [6.07, 6.45) is 3.99. The second kappa shape index (κ2) is 10.7. The summed E-state index contributed by atoms with van der Waals surface area (Å²) in [4.78, 5) is 29.5. The lowest BCUT2D eigenvalue weighted by atomic mass is 9.86. The third-order valence-electron chi connectivity index (χ3n) is 4.67. The molecular weight excluding hydrogens is 507 g/mol. The number of esters is 1. The average Bonchev–Trinajstić information content (AvgIpc) is 3.34. The Morgan fingerprint density at radius 1 is 1.06 bits per heavy atom. The van der Waals surface area contributed by atoms with Crippen LogP contribution in [0.1, 0.15) is 13.8 Å². The number of carbonyl (C=O) groups excluding carboxylic acids is 2. The van der Waals surface area contributed by atoms with E-state index in [4.69, 9.17) is 49.0 Å². The summed E-state index contributed by atoms with van der Waals surface area (Å²) in [5.74, 6) is -3.54. The van der Waals surface area contributed by atoms with Gasteiger partial charge in [0.2, 0.25) is 5.78 Å². The molecule has 0 saturated heterocycles. The molecule has 180 valence electrons. The molecule has 0 fully saturated rings. The number of benzene rings is 2. The van der Waals surface area contributed by atoms with Crippen molar-refractivity contribution in [3.8, 4) is 11.5 Å². The molecule has 0 radical (unpaired) electrons. The van der Waals surface area contributed by atoms with E-state index in [2.05, 4.69) is 4.98 Å². The number of hydrogen-bond acceptors (Lipinski definition) is 7. The normalized spacial score (nSPS) is 13.1. The molecule has 0 aliphatic rings. The Hall–Kier alpha value is -2.78. The lowest BCUT2D eigenvalue weighted by Crippen LogP contribution is -2.53. The first-order valence-electron chi connectivity index (χ1n) is 9.95. The molecule has 0 aliphatic heterocycles. The number of ketones is 1. The van der Waals surface area contributed by atoms with E-state index in [1.807, 2.05) is 0 Å². The first kappa shape index (κ1) is 25.8. The molecule has 0 amide bonds. The summed E-state index contributed by atoms with van der Waals surface area (Å²) in [6, 6.07) is 10.7. The van der Waals surface area contributed by atoms with Crippen LogP contribution < -0.4 is 9.47 Å². The van der Waals surface area contributed by atoms with E-state index in [0.29, 0.717) is 10.0 Å². The Balaban J connectivity index is 1.69. The molecule has 0 aliphatic carbocycles. The summed E-state index contributed by atoms with van der Waals surface area (Å²) < 4.78 is 17.4. The molecule has 0 saturated carbocycles. The minimum Gasteiger partial charge on any atom is -0.480 e. The summed E-state index contributed by atoms with van der Waals surface area (Å²) >= 11 is 17.7. The molecular formula is C23H21Cl3N2O6. The van der Waals surface area contributed by atoms with Gasteiger partial charge in [0.15, 0.2) is 6.61 Å². The van der Waals surface area contributed by atoms with Crippen LogP contribution in [0.5, 0.6) is 11.5 Å². The van der Waals surface area contributed by atoms with E-state index in [9.17, 15) is 14.7 Å². The van der Waals surface area contributed by atoms with Gasteiger partial charge in [-0.25, -0.2) is 9.78 Å². The van der Waals surface area contributed by atoms with E-state index in [0.717, 1.165) is 4.57 Å². The van der Waals surface area contributed by atoms with Gasteiger partial charge in [-0.3, -0.25) is 9.36 Å². The van der Waals surface area contributed by atoms with Crippen molar-refractivity contribution in [2.24, 2.45) is 5.41 Å². The van der Waals surface area contributed by atoms with Crippen molar-refractivity contribution in [1.29, 1.82) is 0 Å². The third-order valence-corrected chi connectivity index (χ3v) is 5.45. The molecule has 34 heavy (non-hydrogen) atoms. The van der Waals surface area contributed by atoms with Gasteiger partial charge in [0, 0.05) is 22.4 Å². The summed E-state index contributed by atoms with van der Waals surface area (Å²) in [6.45, 7) is 2.21. The van der Waals surface area contributed by atoms with Crippen LogP contribution in [-0.4, -0.2) is 39.6 Å². The largest absolute Gasteiger partial charge is 0.480 e. The molecule has 3 rings (SSSR count). The zero-order valence-corrected chi connectivity index (χ0v) is 20.5. The van der Waals surface area contributed by atoms with Gasteiger partial charge in [-0.1, -0.05) is 34.8 Å². The number of rotatable bonds is 10. The Morgan fingerprint density at radius 3 is 2.35 bits per heavy atom. The van der Waals surface area contributed by atoms with Crippen LogP contribution in [-0.2, 0) is 20.2 Å². The fraction of sp³-hybridized carbons (Fsp3) is 0.261. The first-order valence-corrected chi connectivity index (χ1v) is 11.1. The SMILES string of the molecule is CC(C)(COC(=O)COc1ccc(Cl)cc1Cl)C(=O)C(O)(Oc1ccc(Cl)cc1)n1ccnc1. The highest BCUT2D eigenvalue weighted by Crippen LogP contribution is 2.31. The smallest absolute Gasteiger partial charge is 0.361 e. The molecule has 0 bridgehead atoms.